The largest absolute Gasteiger partial charge is 0.460 e. The monoisotopic (exact) mass is 724 g/mol. The Bertz CT molecular complexity index is 1130. The van der Waals surface area contributed by atoms with Crippen LogP contribution in [0.4, 0.5) is 0 Å². The van der Waals surface area contributed by atoms with Crippen molar-refractivity contribution in [1.82, 2.24) is 21.3 Å². The quantitative estimate of drug-likeness (QED) is 0.108. The Kier molecular flexibility index (Phi) is 21.2. The van der Waals surface area contributed by atoms with E-state index in [9.17, 15) is 39.0 Å². The van der Waals surface area contributed by atoms with Crippen LogP contribution in [0.2, 0.25) is 0 Å². The van der Waals surface area contributed by atoms with Gasteiger partial charge in [0.2, 0.25) is 23.6 Å². The van der Waals surface area contributed by atoms with Gasteiger partial charge >= 0.3 is 5.97 Å². The number of ether oxygens (including phenoxy) is 1. The van der Waals surface area contributed by atoms with E-state index < -0.39 is 90.7 Å². The maximum Gasteiger partial charge on any atom is 0.329 e. The molecule has 4 amide bonds. The van der Waals surface area contributed by atoms with E-state index in [1.807, 2.05) is 34.6 Å². The number of carbonyl (C=O) groups is 6. The van der Waals surface area contributed by atoms with Crippen LogP contribution in [-0.2, 0) is 33.5 Å². The highest BCUT2D eigenvalue weighted by atomic mass is 16.5. The Morgan fingerprint density at radius 3 is 1.76 bits per heavy atom. The van der Waals surface area contributed by atoms with E-state index in [-0.39, 0.29) is 37.0 Å². The zero-order valence-electron chi connectivity index (χ0n) is 32.6. The van der Waals surface area contributed by atoms with Crippen LogP contribution in [-0.4, -0.2) is 88.6 Å². The Morgan fingerprint density at radius 1 is 0.686 bits per heavy atom. The second kappa shape index (κ2) is 23.5. The molecule has 1 heterocycles. The van der Waals surface area contributed by atoms with E-state index in [1.165, 1.54) is 6.92 Å². The van der Waals surface area contributed by atoms with Crippen molar-refractivity contribution in [2.45, 2.75) is 169 Å². The molecule has 0 aliphatic carbocycles. The van der Waals surface area contributed by atoms with Crippen LogP contribution < -0.4 is 21.3 Å². The number of aliphatic hydroxyl groups is 2. The Labute approximate surface area is 305 Å². The number of amides is 4. The summed E-state index contributed by atoms with van der Waals surface area (Å²) in [6.07, 6.45) is 3.20. The average Bonchev–Trinajstić information content (AvgIpc) is 3.03. The van der Waals surface area contributed by atoms with E-state index in [0.29, 0.717) is 25.2 Å². The van der Waals surface area contributed by atoms with Gasteiger partial charge < -0.3 is 36.2 Å². The van der Waals surface area contributed by atoms with Crippen LogP contribution in [0.3, 0.4) is 0 Å². The molecule has 0 bridgehead atoms. The summed E-state index contributed by atoms with van der Waals surface area (Å²) < 4.78 is 5.98. The van der Waals surface area contributed by atoms with Crippen molar-refractivity contribution in [3.05, 3.63) is 0 Å². The number of aliphatic hydroxyl groups excluding tert-OH is 2. The van der Waals surface area contributed by atoms with Crippen molar-refractivity contribution in [3.63, 3.8) is 0 Å². The normalized spacial score (nSPS) is 26.4. The van der Waals surface area contributed by atoms with Crippen molar-refractivity contribution in [2.75, 3.05) is 6.61 Å². The van der Waals surface area contributed by atoms with Gasteiger partial charge in [-0.3, -0.25) is 24.0 Å². The third-order valence-corrected chi connectivity index (χ3v) is 9.44. The van der Waals surface area contributed by atoms with Crippen molar-refractivity contribution < 1.29 is 43.7 Å². The SMILES string of the molecule is CC[C@H](C)[C@@H]1NC(=O)[C@@H](CC(C)C)NC(=O)[C@H]([C@@H](C)O)CC(=O)[C@H](CO)NC(=O)[C@@H](CC(C)C)NC(=O)CC(CCCCCCC(C)C)OC1=O. The Hall–Kier alpha value is -3.06. The smallest absolute Gasteiger partial charge is 0.329 e. The summed E-state index contributed by atoms with van der Waals surface area (Å²) in [4.78, 5) is 81.4. The van der Waals surface area contributed by atoms with Crippen molar-refractivity contribution in [3.8, 4) is 0 Å². The Balaban J connectivity index is 3.60. The minimum atomic E-state index is -1.41. The molecule has 0 aromatic carbocycles. The molecule has 1 aliphatic heterocycles. The first-order valence-corrected chi connectivity index (χ1v) is 19.1. The predicted molar refractivity (Wildman–Crippen MR) is 195 cm³/mol. The summed E-state index contributed by atoms with van der Waals surface area (Å²) in [5.41, 5.74) is 0. The number of cyclic esters (lactones) is 1. The van der Waals surface area contributed by atoms with Crippen LogP contribution in [0.1, 0.15) is 133 Å². The topological polar surface area (TPSA) is 200 Å². The van der Waals surface area contributed by atoms with Gasteiger partial charge in [0.15, 0.2) is 5.78 Å². The highest BCUT2D eigenvalue weighted by Crippen LogP contribution is 2.20. The maximum atomic E-state index is 13.8. The van der Waals surface area contributed by atoms with Gasteiger partial charge in [0, 0.05) is 6.42 Å². The molecule has 0 aromatic heterocycles. The fourth-order valence-corrected chi connectivity index (χ4v) is 6.13. The van der Waals surface area contributed by atoms with Crippen molar-refractivity contribution >= 4 is 35.4 Å². The van der Waals surface area contributed by atoms with Gasteiger partial charge in [-0.2, -0.15) is 0 Å². The number of ketones is 1. The highest BCUT2D eigenvalue weighted by molar-refractivity contribution is 5.96. The van der Waals surface area contributed by atoms with E-state index in [1.54, 1.807) is 6.92 Å². The second-order valence-corrected chi connectivity index (χ2v) is 15.7. The molecule has 0 spiro atoms. The lowest BCUT2D eigenvalue weighted by atomic mass is 9.92. The van der Waals surface area contributed by atoms with Crippen LogP contribution in [0, 0.1) is 29.6 Å². The zero-order valence-corrected chi connectivity index (χ0v) is 32.6. The number of hydrogen-bond donors (Lipinski definition) is 6. The van der Waals surface area contributed by atoms with Gasteiger partial charge in [-0.25, -0.2) is 4.79 Å². The number of hydrogen-bond acceptors (Lipinski definition) is 9. The van der Waals surface area contributed by atoms with E-state index in [2.05, 4.69) is 35.1 Å². The molecule has 0 radical (unpaired) electrons. The first kappa shape index (κ1) is 46.0. The number of esters is 1. The molecule has 1 aliphatic rings. The lowest BCUT2D eigenvalue weighted by Gasteiger charge is -2.29. The number of unbranched alkanes of at least 4 members (excludes halogenated alkanes) is 3. The molecule has 13 nitrogen and oxygen atoms in total. The molecule has 1 saturated heterocycles. The third kappa shape index (κ3) is 17.3. The summed E-state index contributed by atoms with van der Waals surface area (Å²) in [5, 5.41) is 31.3. The summed E-state index contributed by atoms with van der Waals surface area (Å²) >= 11 is 0. The van der Waals surface area contributed by atoms with Crippen LogP contribution in [0.5, 0.6) is 0 Å². The summed E-state index contributed by atoms with van der Waals surface area (Å²) in [6.45, 7) is 16.1. The maximum absolute atomic E-state index is 13.8. The van der Waals surface area contributed by atoms with Crippen LogP contribution in [0.25, 0.3) is 0 Å². The fraction of sp³-hybridized carbons (Fsp3) is 0.842. The second-order valence-electron chi connectivity index (χ2n) is 15.7. The fourth-order valence-electron chi connectivity index (χ4n) is 6.13. The average molecular weight is 725 g/mol. The predicted octanol–water partition coefficient (Wildman–Crippen LogP) is 3.32. The molecular formula is C38H68N4O9. The molecule has 0 aromatic rings. The first-order valence-electron chi connectivity index (χ1n) is 19.1. The molecule has 294 valence electrons. The lowest BCUT2D eigenvalue weighted by molar-refractivity contribution is -0.156. The van der Waals surface area contributed by atoms with Gasteiger partial charge in [-0.15, -0.1) is 0 Å². The van der Waals surface area contributed by atoms with Gasteiger partial charge in [0.25, 0.3) is 0 Å². The number of carbonyl (C=O) groups excluding carboxylic acids is 6. The molecule has 6 N–H and O–H groups in total. The van der Waals surface area contributed by atoms with Gasteiger partial charge in [-0.05, 0) is 56.3 Å². The minimum absolute atomic E-state index is 0.0348. The van der Waals surface area contributed by atoms with Crippen LogP contribution >= 0.6 is 0 Å². The minimum Gasteiger partial charge on any atom is -0.460 e. The summed E-state index contributed by atoms with van der Waals surface area (Å²) in [6, 6.07) is -4.65. The van der Waals surface area contributed by atoms with E-state index >= 15 is 0 Å². The number of nitrogens with one attached hydrogen (secondary N) is 4. The van der Waals surface area contributed by atoms with E-state index in [0.717, 1.165) is 25.7 Å². The number of Topliss-reactive ketones (excluding diaryl/α,β-unsaturated/α-hetero) is 1. The lowest BCUT2D eigenvalue weighted by Crippen LogP contribution is -2.56. The van der Waals surface area contributed by atoms with Crippen molar-refractivity contribution in [2.24, 2.45) is 29.6 Å². The summed E-state index contributed by atoms with van der Waals surface area (Å²) in [7, 11) is 0. The van der Waals surface area contributed by atoms with E-state index in [4.69, 9.17) is 4.74 Å². The molecular weight excluding hydrogens is 656 g/mol. The molecule has 13 heteroatoms. The zero-order chi connectivity index (χ0) is 38.8. The molecule has 51 heavy (non-hydrogen) atoms. The number of rotatable bonds is 15. The van der Waals surface area contributed by atoms with Crippen LogP contribution in [0.15, 0.2) is 0 Å². The van der Waals surface area contributed by atoms with Crippen molar-refractivity contribution in [1.29, 1.82) is 0 Å². The summed E-state index contributed by atoms with van der Waals surface area (Å²) in [5.74, 6) is -5.15. The first-order chi connectivity index (χ1) is 23.9. The Morgan fingerprint density at radius 2 is 1.24 bits per heavy atom. The molecule has 0 saturated carbocycles. The van der Waals surface area contributed by atoms with Gasteiger partial charge in [-0.1, -0.05) is 87.5 Å². The van der Waals surface area contributed by atoms with Gasteiger partial charge in [0.1, 0.15) is 30.3 Å². The molecule has 1 rings (SSSR count). The molecule has 1 unspecified atom stereocenters. The molecule has 8 atom stereocenters. The highest BCUT2D eigenvalue weighted by Gasteiger charge is 2.37. The van der Waals surface area contributed by atoms with Gasteiger partial charge in [0.05, 0.1) is 25.0 Å². The molecule has 1 fully saturated rings. The standard InChI is InChI=1S/C38H68N4O9/c1-10-25(8)34-38(50)51-27(16-14-12-11-13-15-22(2)3)19-33(46)39-29(17-23(4)5)36(48)41-31(21-43)32(45)20-28(26(9)44)35(47)40-30(18-24(6)7)37(49)42-34/h22-31,34,43-44H,10-21H2,1-9H3,(H,39,46)(H,40,47)(H,41,48)(H,42,49)/t25-,26+,27?,28-,29+,30+,31-,34-/m0/s1. The third-order valence-electron chi connectivity index (χ3n) is 9.44.